The molecule has 0 N–H and O–H groups in total. The minimum atomic E-state index is 0.138. The Balaban J connectivity index is 2.62. The zero-order valence-electron chi connectivity index (χ0n) is 12.6. The fourth-order valence-electron chi connectivity index (χ4n) is 2.16. The molecule has 0 radical (unpaired) electrons. The number of rotatable bonds is 9. The van der Waals surface area contributed by atoms with Crippen LogP contribution in [-0.2, 0) is 0 Å². The standard InChI is InChI=1S/C15H26N2O2/c1-5-6-7-8-9-10-13(18)15-14(19-4)11-16-17(15)12(2)3/h11-12H,5-10H2,1-4H3. The van der Waals surface area contributed by atoms with E-state index in [4.69, 9.17) is 4.74 Å². The fourth-order valence-corrected chi connectivity index (χ4v) is 2.16. The predicted octanol–water partition coefficient (Wildman–Crippen LogP) is 4.02. The van der Waals surface area contributed by atoms with Gasteiger partial charge < -0.3 is 4.74 Å². The van der Waals surface area contributed by atoms with Crippen molar-refractivity contribution in [2.45, 2.75) is 65.3 Å². The fraction of sp³-hybridized carbons (Fsp3) is 0.733. The Morgan fingerprint density at radius 3 is 2.58 bits per heavy atom. The zero-order chi connectivity index (χ0) is 14.3. The number of ketones is 1. The Morgan fingerprint density at radius 2 is 2.00 bits per heavy atom. The average Bonchev–Trinajstić information content (AvgIpc) is 2.82. The largest absolute Gasteiger partial charge is 0.493 e. The lowest BCUT2D eigenvalue weighted by molar-refractivity contribution is 0.0963. The summed E-state index contributed by atoms with van der Waals surface area (Å²) < 4.78 is 7.00. The van der Waals surface area contributed by atoms with Crippen LogP contribution in [-0.4, -0.2) is 22.7 Å². The second-order valence-corrected chi connectivity index (χ2v) is 5.19. The lowest BCUT2D eigenvalue weighted by atomic mass is 10.1. The summed E-state index contributed by atoms with van der Waals surface area (Å²) in [6.07, 6.45) is 7.97. The third-order valence-electron chi connectivity index (χ3n) is 3.24. The van der Waals surface area contributed by atoms with Crippen molar-refractivity contribution in [2.75, 3.05) is 7.11 Å². The van der Waals surface area contributed by atoms with Crippen LogP contribution in [0.5, 0.6) is 5.75 Å². The van der Waals surface area contributed by atoms with Gasteiger partial charge in [0.2, 0.25) is 0 Å². The zero-order valence-corrected chi connectivity index (χ0v) is 12.6. The number of aromatic nitrogens is 2. The molecule has 1 rings (SSSR count). The number of ether oxygens (including phenoxy) is 1. The Kier molecular flexibility index (Phi) is 6.60. The summed E-state index contributed by atoms with van der Waals surface area (Å²) in [7, 11) is 1.58. The first-order valence-corrected chi connectivity index (χ1v) is 7.26. The number of nitrogens with zero attached hydrogens (tertiary/aromatic N) is 2. The molecule has 1 aromatic heterocycles. The third kappa shape index (κ3) is 4.37. The molecule has 0 saturated heterocycles. The minimum Gasteiger partial charge on any atom is -0.493 e. The number of unbranched alkanes of at least 4 members (excludes halogenated alkanes) is 4. The number of hydrogen-bond acceptors (Lipinski definition) is 3. The van der Waals surface area contributed by atoms with Crippen molar-refractivity contribution in [1.82, 2.24) is 9.78 Å². The lowest BCUT2D eigenvalue weighted by Crippen LogP contribution is -2.13. The number of hydrogen-bond donors (Lipinski definition) is 0. The molecule has 0 fully saturated rings. The first-order chi connectivity index (χ1) is 9.11. The highest BCUT2D eigenvalue weighted by atomic mass is 16.5. The quantitative estimate of drug-likeness (QED) is 0.501. The van der Waals surface area contributed by atoms with Gasteiger partial charge in [-0.1, -0.05) is 32.6 Å². The molecule has 108 valence electrons. The van der Waals surface area contributed by atoms with Crippen LogP contribution in [0.15, 0.2) is 6.20 Å². The van der Waals surface area contributed by atoms with Gasteiger partial charge in [0.25, 0.3) is 0 Å². The van der Waals surface area contributed by atoms with Gasteiger partial charge in [0.15, 0.2) is 11.5 Å². The highest BCUT2D eigenvalue weighted by Gasteiger charge is 2.20. The van der Waals surface area contributed by atoms with Gasteiger partial charge in [-0.05, 0) is 20.3 Å². The average molecular weight is 266 g/mol. The highest BCUT2D eigenvalue weighted by molar-refractivity contribution is 5.97. The van der Waals surface area contributed by atoms with E-state index in [2.05, 4.69) is 12.0 Å². The van der Waals surface area contributed by atoms with Crippen LogP contribution in [0.4, 0.5) is 0 Å². The van der Waals surface area contributed by atoms with Gasteiger partial charge in [0, 0.05) is 12.5 Å². The van der Waals surface area contributed by atoms with E-state index in [1.807, 2.05) is 13.8 Å². The molecule has 0 amide bonds. The van der Waals surface area contributed by atoms with E-state index >= 15 is 0 Å². The Bertz CT molecular complexity index is 397. The van der Waals surface area contributed by atoms with Crippen molar-refractivity contribution in [3.8, 4) is 5.75 Å². The smallest absolute Gasteiger partial charge is 0.184 e. The predicted molar refractivity (Wildman–Crippen MR) is 76.9 cm³/mol. The summed E-state index contributed by atoms with van der Waals surface area (Å²) in [6, 6.07) is 0.169. The van der Waals surface area contributed by atoms with E-state index in [1.54, 1.807) is 18.0 Å². The minimum absolute atomic E-state index is 0.138. The number of methoxy groups -OCH3 is 1. The molecule has 0 atom stereocenters. The molecule has 1 aromatic rings. The summed E-state index contributed by atoms with van der Waals surface area (Å²) >= 11 is 0. The van der Waals surface area contributed by atoms with E-state index in [-0.39, 0.29) is 11.8 Å². The first-order valence-electron chi connectivity index (χ1n) is 7.26. The molecule has 0 aromatic carbocycles. The Morgan fingerprint density at radius 1 is 1.32 bits per heavy atom. The SMILES string of the molecule is CCCCCCCC(=O)c1c(OC)cnn1C(C)C. The van der Waals surface area contributed by atoms with E-state index in [0.29, 0.717) is 17.9 Å². The molecule has 0 unspecified atom stereocenters. The molecule has 0 bridgehead atoms. The van der Waals surface area contributed by atoms with Gasteiger partial charge in [0.1, 0.15) is 5.69 Å². The lowest BCUT2D eigenvalue weighted by Gasteiger charge is -2.11. The van der Waals surface area contributed by atoms with Crippen LogP contribution in [0.1, 0.15) is 75.8 Å². The third-order valence-corrected chi connectivity index (χ3v) is 3.24. The maximum absolute atomic E-state index is 12.3. The molecule has 0 saturated carbocycles. The molecule has 1 heterocycles. The van der Waals surface area contributed by atoms with Crippen molar-refractivity contribution in [2.24, 2.45) is 0 Å². The van der Waals surface area contributed by atoms with Gasteiger partial charge in [-0.2, -0.15) is 5.10 Å². The van der Waals surface area contributed by atoms with E-state index in [0.717, 1.165) is 12.8 Å². The molecule has 0 aliphatic carbocycles. The summed E-state index contributed by atoms with van der Waals surface area (Å²) in [5.74, 6) is 0.729. The van der Waals surface area contributed by atoms with Crippen LogP contribution in [0.2, 0.25) is 0 Å². The molecule has 19 heavy (non-hydrogen) atoms. The monoisotopic (exact) mass is 266 g/mol. The number of carbonyl (C=O) groups excluding carboxylic acids is 1. The number of carbonyl (C=O) groups is 1. The molecule has 4 heteroatoms. The van der Waals surface area contributed by atoms with Crippen molar-refractivity contribution >= 4 is 5.78 Å². The van der Waals surface area contributed by atoms with Crippen LogP contribution in [0, 0.1) is 0 Å². The molecular formula is C15H26N2O2. The molecular weight excluding hydrogens is 240 g/mol. The van der Waals surface area contributed by atoms with Gasteiger partial charge in [-0.25, -0.2) is 0 Å². The van der Waals surface area contributed by atoms with Crippen molar-refractivity contribution in [3.63, 3.8) is 0 Å². The molecule has 0 aliphatic rings. The van der Waals surface area contributed by atoms with E-state index in [1.165, 1.54) is 19.3 Å². The van der Waals surface area contributed by atoms with E-state index < -0.39 is 0 Å². The molecule has 0 aliphatic heterocycles. The summed E-state index contributed by atoms with van der Waals surface area (Å²) in [6.45, 7) is 6.23. The van der Waals surface area contributed by atoms with Gasteiger partial charge >= 0.3 is 0 Å². The Labute approximate surface area is 116 Å². The maximum Gasteiger partial charge on any atom is 0.184 e. The summed E-state index contributed by atoms with van der Waals surface area (Å²) in [5.41, 5.74) is 0.619. The van der Waals surface area contributed by atoms with Crippen LogP contribution < -0.4 is 4.74 Å². The highest BCUT2D eigenvalue weighted by Crippen LogP contribution is 2.23. The Hall–Kier alpha value is -1.32. The van der Waals surface area contributed by atoms with Gasteiger partial charge in [0.05, 0.1) is 13.3 Å². The van der Waals surface area contributed by atoms with Crippen molar-refractivity contribution in [3.05, 3.63) is 11.9 Å². The summed E-state index contributed by atoms with van der Waals surface area (Å²) in [5, 5.41) is 4.24. The van der Waals surface area contributed by atoms with Gasteiger partial charge in [-0.15, -0.1) is 0 Å². The van der Waals surface area contributed by atoms with Crippen molar-refractivity contribution in [1.29, 1.82) is 0 Å². The van der Waals surface area contributed by atoms with E-state index in [9.17, 15) is 4.79 Å². The molecule has 0 spiro atoms. The second kappa shape index (κ2) is 7.97. The topological polar surface area (TPSA) is 44.1 Å². The maximum atomic E-state index is 12.3. The van der Waals surface area contributed by atoms with Crippen LogP contribution >= 0.6 is 0 Å². The van der Waals surface area contributed by atoms with Crippen LogP contribution in [0.3, 0.4) is 0 Å². The van der Waals surface area contributed by atoms with Gasteiger partial charge in [-0.3, -0.25) is 9.48 Å². The normalized spacial score (nSPS) is 11.0. The molecule has 4 nitrogen and oxygen atoms in total. The second-order valence-electron chi connectivity index (χ2n) is 5.19. The van der Waals surface area contributed by atoms with Crippen LogP contribution in [0.25, 0.3) is 0 Å². The number of Topliss-reactive ketones (excluding diaryl/α,β-unsaturated/α-hetero) is 1. The summed E-state index contributed by atoms with van der Waals surface area (Å²) in [4.78, 5) is 12.3. The van der Waals surface area contributed by atoms with Crippen molar-refractivity contribution < 1.29 is 9.53 Å². The first kappa shape index (κ1) is 15.7.